The van der Waals surface area contributed by atoms with Crippen molar-refractivity contribution in [3.8, 4) is 0 Å². The van der Waals surface area contributed by atoms with Gasteiger partial charge in [-0.05, 0) is 48.4 Å². The van der Waals surface area contributed by atoms with E-state index in [0.717, 1.165) is 12.1 Å². The summed E-state index contributed by atoms with van der Waals surface area (Å²) in [6.45, 7) is 1.62. The fraction of sp³-hybridized carbons (Fsp3) is 0.261. The van der Waals surface area contributed by atoms with Crippen molar-refractivity contribution in [3.63, 3.8) is 0 Å². The van der Waals surface area contributed by atoms with Crippen LogP contribution >= 0.6 is 11.6 Å². The minimum atomic E-state index is -4.70. The average molecular weight is 495 g/mol. The zero-order valence-corrected chi connectivity index (χ0v) is 18.8. The van der Waals surface area contributed by atoms with Gasteiger partial charge in [0.25, 0.3) is 0 Å². The van der Waals surface area contributed by atoms with Gasteiger partial charge in [-0.15, -0.1) is 0 Å². The van der Waals surface area contributed by atoms with E-state index in [1.165, 1.54) is 11.9 Å². The molecule has 2 N–H and O–H groups in total. The Morgan fingerprint density at radius 1 is 1.26 bits per heavy atom. The first-order chi connectivity index (χ1) is 16.0. The highest BCUT2D eigenvalue weighted by Crippen LogP contribution is 2.40. The smallest absolute Gasteiger partial charge is 0.326 e. The van der Waals surface area contributed by atoms with Crippen molar-refractivity contribution in [1.29, 1.82) is 0 Å². The highest BCUT2D eigenvalue weighted by atomic mass is 35.5. The number of benzene rings is 2. The molecule has 1 atom stereocenters. The van der Waals surface area contributed by atoms with Gasteiger partial charge in [0.1, 0.15) is 11.0 Å². The second kappa shape index (κ2) is 8.75. The van der Waals surface area contributed by atoms with Crippen molar-refractivity contribution >= 4 is 40.0 Å². The Labute approximate surface area is 196 Å². The van der Waals surface area contributed by atoms with E-state index < -0.39 is 29.4 Å². The fourth-order valence-corrected chi connectivity index (χ4v) is 4.25. The van der Waals surface area contributed by atoms with Crippen molar-refractivity contribution < 1.29 is 27.2 Å². The van der Waals surface area contributed by atoms with Crippen molar-refractivity contribution in [2.75, 3.05) is 12.4 Å². The number of rotatable bonds is 4. The molecular formula is C23H19ClF4N4O2. The van der Waals surface area contributed by atoms with Crippen LogP contribution in [0.4, 0.5) is 23.2 Å². The molecule has 11 heteroatoms. The second-order valence-electron chi connectivity index (χ2n) is 8.05. The van der Waals surface area contributed by atoms with Crippen LogP contribution in [0.5, 0.6) is 0 Å². The van der Waals surface area contributed by atoms with Gasteiger partial charge in [-0.25, -0.2) is 4.39 Å². The molecule has 1 aromatic heterocycles. The van der Waals surface area contributed by atoms with Crippen LogP contribution in [0, 0.1) is 5.82 Å². The molecule has 2 heterocycles. The molecule has 6 nitrogen and oxygen atoms in total. The molecule has 1 aliphatic heterocycles. The van der Waals surface area contributed by atoms with Gasteiger partial charge in [0.05, 0.1) is 17.5 Å². The molecule has 1 unspecified atom stereocenters. The second-order valence-corrected chi connectivity index (χ2v) is 8.43. The van der Waals surface area contributed by atoms with Crippen LogP contribution in [-0.2, 0) is 15.8 Å². The zero-order chi connectivity index (χ0) is 24.8. The molecule has 34 heavy (non-hydrogen) atoms. The Morgan fingerprint density at radius 2 is 2.00 bits per heavy atom. The van der Waals surface area contributed by atoms with Crippen LogP contribution < -0.4 is 5.32 Å². The predicted octanol–water partition coefficient (Wildman–Crippen LogP) is 5.62. The normalized spacial score (nSPS) is 17.0. The Hall–Kier alpha value is -3.40. The van der Waals surface area contributed by atoms with Crippen LogP contribution in [-0.4, -0.2) is 34.0 Å². The molecule has 0 saturated carbocycles. The summed E-state index contributed by atoms with van der Waals surface area (Å²) in [6.07, 6.45) is -5.06. The van der Waals surface area contributed by atoms with E-state index in [4.69, 9.17) is 11.6 Å². The SMILES string of the molecule is CC1=C(CC(=O)Nc2ccc3n[nH]c(Cl)c3c2)C(c2ccc(C(F)(F)F)cc2F)CC(=O)N1C. The van der Waals surface area contributed by atoms with Crippen molar-refractivity contribution in [2.45, 2.75) is 31.9 Å². The number of anilines is 1. The van der Waals surface area contributed by atoms with Gasteiger partial charge < -0.3 is 10.2 Å². The summed E-state index contributed by atoms with van der Waals surface area (Å²) in [4.78, 5) is 26.7. The number of fused-ring (bicyclic) bond motifs is 1. The lowest BCUT2D eigenvalue weighted by atomic mass is 9.81. The number of carbonyl (C=O) groups is 2. The number of H-pyrrole nitrogens is 1. The largest absolute Gasteiger partial charge is 0.416 e. The number of halogens is 5. The lowest BCUT2D eigenvalue weighted by molar-refractivity contribution is -0.137. The van der Waals surface area contributed by atoms with Gasteiger partial charge >= 0.3 is 6.18 Å². The number of carbonyl (C=O) groups excluding carboxylic acids is 2. The molecule has 0 spiro atoms. The van der Waals surface area contributed by atoms with E-state index in [1.54, 1.807) is 25.1 Å². The summed E-state index contributed by atoms with van der Waals surface area (Å²) >= 11 is 6.05. The first-order valence-electron chi connectivity index (χ1n) is 10.2. The summed E-state index contributed by atoms with van der Waals surface area (Å²) in [5, 5.41) is 10.3. The molecule has 0 radical (unpaired) electrons. The standard InChI is InChI=1S/C23H19ClF4N4O2/c1-11-15(9-20(33)29-13-4-6-19-17(8-13)22(24)31-30-19)16(10-21(34)32(11)2)14-5-3-12(7-18(14)25)23(26,27)28/h3-8,16H,9-10H2,1-2H3,(H,29,33)(H,30,31). The van der Waals surface area contributed by atoms with Crippen molar-refractivity contribution in [1.82, 2.24) is 15.1 Å². The number of aromatic amines is 1. The molecule has 1 aliphatic rings. The molecule has 4 rings (SSSR count). The van der Waals surface area contributed by atoms with Crippen LogP contribution in [0.1, 0.15) is 36.8 Å². The Kier molecular flexibility index (Phi) is 6.11. The summed E-state index contributed by atoms with van der Waals surface area (Å²) in [7, 11) is 1.53. The molecule has 0 aliphatic carbocycles. The maximum atomic E-state index is 14.8. The van der Waals surface area contributed by atoms with E-state index in [0.29, 0.717) is 39.1 Å². The van der Waals surface area contributed by atoms with Gasteiger partial charge in [0.2, 0.25) is 11.8 Å². The fourth-order valence-electron chi connectivity index (χ4n) is 4.06. The number of amides is 2. The van der Waals surface area contributed by atoms with Gasteiger partial charge in [0.15, 0.2) is 0 Å². The highest BCUT2D eigenvalue weighted by Gasteiger charge is 2.35. The molecule has 0 saturated heterocycles. The highest BCUT2D eigenvalue weighted by molar-refractivity contribution is 6.34. The first-order valence-corrected chi connectivity index (χ1v) is 10.6. The van der Waals surface area contributed by atoms with E-state index in [1.807, 2.05) is 0 Å². The van der Waals surface area contributed by atoms with Crippen molar-refractivity contribution in [2.24, 2.45) is 0 Å². The van der Waals surface area contributed by atoms with Crippen LogP contribution in [0.25, 0.3) is 10.9 Å². The third-order valence-electron chi connectivity index (χ3n) is 5.99. The van der Waals surface area contributed by atoms with E-state index in [9.17, 15) is 27.2 Å². The maximum Gasteiger partial charge on any atom is 0.416 e. The number of aromatic nitrogens is 2. The molecular weight excluding hydrogens is 476 g/mol. The minimum absolute atomic E-state index is 0.0665. The summed E-state index contributed by atoms with van der Waals surface area (Å²) in [5.41, 5.74) is 0.776. The Morgan fingerprint density at radius 3 is 2.68 bits per heavy atom. The number of alkyl halides is 3. The van der Waals surface area contributed by atoms with E-state index in [-0.39, 0.29) is 24.3 Å². The summed E-state index contributed by atoms with van der Waals surface area (Å²) < 4.78 is 53.7. The van der Waals surface area contributed by atoms with E-state index >= 15 is 0 Å². The van der Waals surface area contributed by atoms with Crippen molar-refractivity contribution in [3.05, 3.63) is 69.8 Å². The van der Waals surface area contributed by atoms with E-state index in [2.05, 4.69) is 15.5 Å². The number of nitrogens with one attached hydrogen (secondary N) is 2. The quantitative estimate of drug-likeness (QED) is 0.462. The molecule has 2 amide bonds. The third kappa shape index (κ3) is 4.50. The average Bonchev–Trinajstić information content (AvgIpc) is 3.13. The van der Waals surface area contributed by atoms with Crippen LogP contribution in [0.15, 0.2) is 47.7 Å². The molecule has 2 aromatic carbocycles. The molecule has 0 bridgehead atoms. The molecule has 178 valence electrons. The van der Waals surface area contributed by atoms with Gasteiger partial charge in [-0.1, -0.05) is 17.7 Å². The molecule has 0 fully saturated rings. The number of allylic oxidation sites excluding steroid dienone is 1. The minimum Gasteiger partial charge on any atom is -0.326 e. The van der Waals surface area contributed by atoms with Crippen LogP contribution in [0.2, 0.25) is 5.15 Å². The van der Waals surface area contributed by atoms with Crippen LogP contribution in [0.3, 0.4) is 0 Å². The number of hydrogen-bond donors (Lipinski definition) is 2. The maximum absolute atomic E-state index is 14.8. The Balaban J connectivity index is 1.63. The topological polar surface area (TPSA) is 78.1 Å². The lowest BCUT2D eigenvalue weighted by Crippen LogP contribution is -2.34. The summed E-state index contributed by atoms with van der Waals surface area (Å²) in [6, 6.07) is 7.17. The first kappa shape index (κ1) is 23.7. The Bertz CT molecular complexity index is 1330. The number of hydrogen-bond acceptors (Lipinski definition) is 3. The third-order valence-corrected chi connectivity index (χ3v) is 6.27. The van der Waals surface area contributed by atoms with Gasteiger partial charge in [0, 0.05) is 36.2 Å². The zero-order valence-electron chi connectivity index (χ0n) is 18.1. The van der Waals surface area contributed by atoms with Gasteiger partial charge in [-0.3, -0.25) is 14.7 Å². The number of nitrogens with zero attached hydrogens (tertiary/aromatic N) is 2. The van der Waals surface area contributed by atoms with Gasteiger partial charge in [-0.2, -0.15) is 18.3 Å². The monoisotopic (exact) mass is 494 g/mol. The lowest BCUT2D eigenvalue weighted by Gasteiger charge is -2.33. The predicted molar refractivity (Wildman–Crippen MR) is 119 cm³/mol. The summed E-state index contributed by atoms with van der Waals surface area (Å²) in [5.74, 6) is -2.72. The molecule has 3 aromatic rings.